The number of benzene rings is 1. The molecule has 0 aliphatic heterocycles. The molecule has 1 unspecified atom stereocenters. The first-order chi connectivity index (χ1) is 11.6. The molecule has 0 spiro atoms. The van der Waals surface area contributed by atoms with E-state index in [1.807, 2.05) is 38.1 Å². The van der Waals surface area contributed by atoms with E-state index in [4.69, 9.17) is 0 Å². The number of H-pyrrole nitrogens is 1. The van der Waals surface area contributed by atoms with Crippen molar-refractivity contribution < 1.29 is 4.79 Å². The zero-order valence-electron chi connectivity index (χ0n) is 13.2. The first kappa shape index (κ1) is 14.3. The molecule has 3 heterocycles. The predicted molar refractivity (Wildman–Crippen MR) is 87.5 cm³/mol. The van der Waals surface area contributed by atoms with Crippen molar-refractivity contribution in [1.82, 2.24) is 34.9 Å². The molecular weight excluding hydrogens is 306 g/mol. The van der Waals surface area contributed by atoms with Crippen LogP contribution in [-0.4, -0.2) is 35.5 Å². The van der Waals surface area contributed by atoms with Crippen LogP contribution in [0.5, 0.6) is 0 Å². The highest BCUT2D eigenvalue weighted by Gasteiger charge is 2.19. The highest BCUT2D eigenvalue weighted by atomic mass is 16.2. The maximum Gasteiger partial charge on any atom is 0.291 e. The third-order valence-corrected chi connectivity index (χ3v) is 3.80. The van der Waals surface area contributed by atoms with Gasteiger partial charge in [-0.05, 0) is 32.0 Å². The molecule has 4 aromatic rings. The number of nitrogens with one attached hydrogen (secondary N) is 2. The Hall–Kier alpha value is -3.29. The minimum Gasteiger partial charge on any atom is -0.340 e. The number of hydrogen-bond donors (Lipinski definition) is 2. The van der Waals surface area contributed by atoms with Crippen LogP contribution in [0.15, 0.2) is 36.5 Å². The lowest BCUT2D eigenvalue weighted by Gasteiger charge is -2.09. The normalized spacial score (nSPS) is 12.6. The number of para-hydroxylation sites is 2. The van der Waals surface area contributed by atoms with E-state index < -0.39 is 0 Å². The number of fused-ring (bicyclic) bond motifs is 2. The standard InChI is InChI=1S/C16H15N7O/c1-9-7-8-17-16-21-14(22-23(9)16)15(24)18-10(2)13-19-11-5-3-4-6-12(11)20-13/h3-8,10H,1-2H3,(H,18,24)(H,19,20). The Labute approximate surface area is 137 Å². The van der Waals surface area contributed by atoms with E-state index in [1.54, 1.807) is 16.8 Å². The number of rotatable bonds is 3. The minimum absolute atomic E-state index is 0.0831. The van der Waals surface area contributed by atoms with Crippen LogP contribution in [-0.2, 0) is 0 Å². The Bertz CT molecular complexity index is 1020. The number of amides is 1. The van der Waals surface area contributed by atoms with Gasteiger partial charge in [-0.2, -0.15) is 4.98 Å². The van der Waals surface area contributed by atoms with E-state index in [-0.39, 0.29) is 17.8 Å². The SMILES string of the molecule is Cc1ccnc2nc(C(=O)NC(C)c3nc4ccccc4[nH]3)nn12. The fourth-order valence-corrected chi connectivity index (χ4v) is 2.51. The van der Waals surface area contributed by atoms with Crippen molar-refractivity contribution in [2.24, 2.45) is 0 Å². The third kappa shape index (κ3) is 2.37. The summed E-state index contributed by atoms with van der Waals surface area (Å²) >= 11 is 0. The van der Waals surface area contributed by atoms with Gasteiger partial charge in [-0.25, -0.2) is 14.5 Å². The van der Waals surface area contributed by atoms with Gasteiger partial charge in [0.1, 0.15) is 5.82 Å². The van der Waals surface area contributed by atoms with Gasteiger partial charge in [0.25, 0.3) is 11.7 Å². The summed E-state index contributed by atoms with van der Waals surface area (Å²) in [6.07, 6.45) is 1.64. The van der Waals surface area contributed by atoms with Crippen molar-refractivity contribution in [2.45, 2.75) is 19.9 Å². The Morgan fingerprint density at radius 1 is 1.25 bits per heavy atom. The van der Waals surface area contributed by atoms with Crippen LogP contribution in [0.1, 0.15) is 35.1 Å². The Balaban J connectivity index is 1.58. The zero-order chi connectivity index (χ0) is 16.7. The van der Waals surface area contributed by atoms with Crippen LogP contribution in [0.3, 0.4) is 0 Å². The average molecular weight is 321 g/mol. The topological polar surface area (TPSA) is 101 Å². The summed E-state index contributed by atoms with van der Waals surface area (Å²) in [6, 6.07) is 9.22. The summed E-state index contributed by atoms with van der Waals surface area (Å²) in [7, 11) is 0. The fraction of sp³-hybridized carbons (Fsp3) is 0.188. The van der Waals surface area contributed by atoms with Gasteiger partial charge in [0, 0.05) is 11.9 Å². The maximum absolute atomic E-state index is 12.4. The van der Waals surface area contributed by atoms with E-state index >= 15 is 0 Å². The molecule has 0 saturated carbocycles. The number of imidazole rings is 1. The lowest BCUT2D eigenvalue weighted by Crippen LogP contribution is -2.28. The maximum atomic E-state index is 12.4. The molecule has 4 rings (SSSR count). The summed E-state index contributed by atoms with van der Waals surface area (Å²) in [5.41, 5.74) is 2.65. The predicted octanol–water partition coefficient (Wildman–Crippen LogP) is 1.80. The molecule has 0 radical (unpaired) electrons. The molecule has 8 nitrogen and oxygen atoms in total. The van der Waals surface area contributed by atoms with Gasteiger partial charge >= 0.3 is 0 Å². The zero-order valence-corrected chi connectivity index (χ0v) is 13.2. The molecule has 2 N–H and O–H groups in total. The van der Waals surface area contributed by atoms with Crippen LogP contribution in [0.2, 0.25) is 0 Å². The molecule has 0 bridgehead atoms. The van der Waals surface area contributed by atoms with Crippen molar-refractivity contribution in [2.75, 3.05) is 0 Å². The van der Waals surface area contributed by atoms with Gasteiger partial charge in [0.05, 0.1) is 17.1 Å². The molecule has 0 aliphatic rings. The van der Waals surface area contributed by atoms with Crippen LogP contribution in [0, 0.1) is 6.92 Å². The number of carbonyl (C=O) groups is 1. The van der Waals surface area contributed by atoms with Crippen molar-refractivity contribution >= 4 is 22.7 Å². The van der Waals surface area contributed by atoms with Crippen LogP contribution < -0.4 is 5.32 Å². The van der Waals surface area contributed by atoms with Gasteiger partial charge in [0.2, 0.25) is 5.82 Å². The summed E-state index contributed by atoms with van der Waals surface area (Å²) in [5, 5.41) is 7.06. The van der Waals surface area contributed by atoms with Gasteiger partial charge in [0.15, 0.2) is 0 Å². The number of carbonyl (C=O) groups excluding carboxylic acids is 1. The molecule has 0 aliphatic carbocycles. The van der Waals surface area contributed by atoms with E-state index in [1.165, 1.54) is 0 Å². The number of aromatic nitrogens is 6. The van der Waals surface area contributed by atoms with E-state index in [2.05, 4.69) is 30.4 Å². The van der Waals surface area contributed by atoms with Gasteiger partial charge in [-0.3, -0.25) is 4.79 Å². The highest BCUT2D eigenvalue weighted by molar-refractivity contribution is 5.91. The van der Waals surface area contributed by atoms with E-state index in [9.17, 15) is 4.79 Å². The molecular formula is C16H15N7O. The number of aryl methyl sites for hydroxylation is 1. The molecule has 0 fully saturated rings. The van der Waals surface area contributed by atoms with Crippen molar-refractivity contribution in [1.29, 1.82) is 0 Å². The largest absolute Gasteiger partial charge is 0.340 e. The van der Waals surface area contributed by atoms with E-state index in [0.29, 0.717) is 11.6 Å². The summed E-state index contributed by atoms with van der Waals surface area (Å²) in [5.74, 6) is 0.798. The van der Waals surface area contributed by atoms with Gasteiger partial charge < -0.3 is 10.3 Å². The highest BCUT2D eigenvalue weighted by Crippen LogP contribution is 2.15. The molecule has 1 aromatic carbocycles. The monoisotopic (exact) mass is 321 g/mol. The second-order valence-corrected chi connectivity index (χ2v) is 5.57. The Morgan fingerprint density at radius 3 is 2.88 bits per heavy atom. The Morgan fingerprint density at radius 2 is 2.08 bits per heavy atom. The lowest BCUT2D eigenvalue weighted by atomic mass is 10.3. The van der Waals surface area contributed by atoms with Crippen LogP contribution >= 0.6 is 0 Å². The van der Waals surface area contributed by atoms with Crippen LogP contribution in [0.25, 0.3) is 16.8 Å². The lowest BCUT2D eigenvalue weighted by molar-refractivity contribution is 0.0928. The number of hydrogen-bond acceptors (Lipinski definition) is 5. The molecule has 120 valence electrons. The quantitative estimate of drug-likeness (QED) is 0.599. The summed E-state index contributed by atoms with van der Waals surface area (Å²) in [4.78, 5) is 28.4. The average Bonchev–Trinajstić information content (AvgIpc) is 3.19. The van der Waals surface area contributed by atoms with Crippen LogP contribution in [0.4, 0.5) is 0 Å². The van der Waals surface area contributed by atoms with Gasteiger partial charge in [-0.1, -0.05) is 12.1 Å². The van der Waals surface area contributed by atoms with Crippen molar-refractivity contribution in [3.05, 3.63) is 53.9 Å². The number of nitrogens with zero attached hydrogens (tertiary/aromatic N) is 5. The summed E-state index contributed by atoms with van der Waals surface area (Å²) < 4.78 is 1.54. The molecule has 0 saturated heterocycles. The molecule has 1 atom stereocenters. The number of aromatic amines is 1. The summed E-state index contributed by atoms with van der Waals surface area (Å²) in [6.45, 7) is 3.73. The molecule has 24 heavy (non-hydrogen) atoms. The van der Waals surface area contributed by atoms with Gasteiger partial charge in [-0.15, -0.1) is 5.10 Å². The first-order valence-electron chi connectivity index (χ1n) is 7.56. The molecule has 3 aromatic heterocycles. The van der Waals surface area contributed by atoms with Crippen molar-refractivity contribution in [3.8, 4) is 0 Å². The fourth-order valence-electron chi connectivity index (χ4n) is 2.51. The molecule has 1 amide bonds. The van der Waals surface area contributed by atoms with E-state index in [0.717, 1.165) is 16.7 Å². The molecule has 8 heteroatoms. The second kappa shape index (κ2) is 5.41. The Kier molecular flexibility index (Phi) is 3.23. The van der Waals surface area contributed by atoms with Crippen molar-refractivity contribution in [3.63, 3.8) is 0 Å². The smallest absolute Gasteiger partial charge is 0.291 e. The minimum atomic E-state index is -0.368. The third-order valence-electron chi connectivity index (χ3n) is 3.80. The first-order valence-corrected chi connectivity index (χ1v) is 7.56. The second-order valence-electron chi connectivity index (χ2n) is 5.57.